The molecule has 0 unspecified atom stereocenters. The Hall–Kier alpha value is -1.77. The number of pyridine rings is 1. The Labute approximate surface area is 143 Å². The van der Waals surface area contributed by atoms with E-state index in [1.807, 2.05) is 6.07 Å². The number of carbonyl (C=O) groups is 1. The molecule has 0 aliphatic heterocycles. The van der Waals surface area contributed by atoms with E-state index in [-0.39, 0.29) is 24.7 Å². The molecular weight excluding hydrogens is 382 g/mol. The van der Waals surface area contributed by atoms with Crippen LogP contribution in [0.25, 0.3) is 0 Å². The second kappa shape index (κ2) is 8.19. The number of aromatic nitrogens is 1. The summed E-state index contributed by atoms with van der Waals surface area (Å²) < 4.78 is 27.0. The molecule has 0 saturated carbocycles. The molecule has 0 aliphatic carbocycles. The molecule has 6 nitrogen and oxygen atoms in total. The minimum absolute atomic E-state index is 0.0354. The number of halogens is 1. The SMILES string of the molecule is O=C(NCCS(=O)(=O)NCc1cccnc1)c1cccc(Br)c1. The van der Waals surface area contributed by atoms with E-state index in [1.165, 1.54) is 0 Å². The van der Waals surface area contributed by atoms with Gasteiger partial charge in [-0.15, -0.1) is 0 Å². The first-order valence-electron chi connectivity index (χ1n) is 6.86. The van der Waals surface area contributed by atoms with Crippen LogP contribution in [0.4, 0.5) is 0 Å². The summed E-state index contributed by atoms with van der Waals surface area (Å²) in [6.45, 7) is 0.212. The van der Waals surface area contributed by atoms with Crippen molar-refractivity contribution in [3.63, 3.8) is 0 Å². The average Bonchev–Trinajstić information content (AvgIpc) is 2.54. The quantitative estimate of drug-likeness (QED) is 0.743. The monoisotopic (exact) mass is 397 g/mol. The molecule has 0 fully saturated rings. The van der Waals surface area contributed by atoms with Crippen LogP contribution < -0.4 is 10.0 Å². The molecule has 2 aromatic rings. The smallest absolute Gasteiger partial charge is 0.251 e. The highest BCUT2D eigenvalue weighted by atomic mass is 79.9. The van der Waals surface area contributed by atoms with Gasteiger partial charge in [-0.1, -0.05) is 28.1 Å². The van der Waals surface area contributed by atoms with Crippen molar-refractivity contribution in [1.29, 1.82) is 0 Å². The maximum Gasteiger partial charge on any atom is 0.251 e. The molecule has 1 heterocycles. The van der Waals surface area contributed by atoms with E-state index < -0.39 is 10.0 Å². The van der Waals surface area contributed by atoms with Gasteiger partial charge in [0.05, 0.1) is 5.75 Å². The fourth-order valence-electron chi connectivity index (χ4n) is 1.80. The first-order valence-corrected chi connectivity index (χ1v) is 9.31. The fraction of sp³-hybridized carbons (Fsp3) is 0.200. The maximum absolute atomic E-state index is 11.9. The van der Waals surface area contributed by atoms with E-state index in [2.05, 4.69) is 31.0 Å². The zero-order chi connectivity index (χ0) is 16.7. The predicted molar refractivity (Wildman–Crippen MR) is 91.3 cm³/mol. The second-order valence-corrected chi connectivity index (χ2v) is 7.61. The second-order valence-electron chi connectivity index (χ2n) is 4.77. The van der Waals surface area contributed by atoms with Gasteiger partial charge in [0.2, 0.25) is 10.0 Å². The van der Waals surface area contributed by atoms with Gasteiger partial charge in [0.1, 0.15) is 0 Å². The van der Waals surface area contributed by atoms with Crippen molar-refractivity contribution >= 4 is 31.9 Å². The number of hydrogen-bond donors (Lipinski definition) is 2. The molecule has 2 rings (SSSR count). The van der Waals surface area contributed by atoms with Crippen molar-refractivity contribution in [2.75, 3.05) is 12.3 Å². The predicted octanol–water partition coefficient (Wildman–Crippen LogP) is 1.69. The molecule has 122 valence electrons. The summed E-state index contributed by atoms with van der Waals surface area (Å²) in [5.74, 6) is -0.499. The van der Waals surface area contributed by atoms with Gasteiger partial charge in [0.15, 0.2) is 0 Å². The Balaban J connectivity index is 1.79. The lowest BCUT2D eigenvalue weighted by atomic mass is 10.2. The van der Waals surface area contributed by atoms with Gasteiger partial charge < -0.3 is 5.32 Å². The van der Waals surface area contributed by atoms with E-state index in [1.54, 1.807) is 42.7 Å². The molecule has 1 aromatic heterocycles. The molecule has 0 spiro atoms. The van der Waals surface area contributed by atoms with Gasteiger partial charge in [0.25, 0.3) is 5.91 Å². The van der Waals surface area contributed by atoms with Crippen LogP contribution in [0.5, 0.6) is 0 Å². The summed E-state index contributed by atoms with van der Waals surface area (Å²) in [7, 11) is -3.47. The number of benzene rings is 1. The normalized spacial score (nSPS) is 11.2. The summed E-state index contributed by atoms with van der Waals surface area (Å²) in [5.41, 5.74) is 1.24. The Morgan fingerprint density at radius 2 is 2.04 bits per heavy atom. The van der Waals surface area contributed by atoms with Gasteiger partial charge in [-0.25, -0.2) is 13.1 Å². The summed E-state index contributed by atoms with van der Waals surface area (Å²) in [4.78, 5) is 15.8. The summed E-state index contributed by atoms with van der Waals surface area (Å²) in [6.07, 6.45) is 3.22. The topological polar surface area (TPSA) is 88.2 Å². The van der Waals surface area contributed by atoms with Crippen LogP contribution in [0.2, 0.25) is 0 Å². The van der Waals surface area contributed by atoms with Crippen LogP contribution in [-0.2, 0) is 16.6 Å². The third-order valence-electron chi connectivity index (χ3n) is 2.96. The number of hydrogen-bond acceptors (Lipinski definition) is 4. The molecule has 1 aromatic carbocycles. The maximum atomic E-state index is 11.9. The number of nitrogens with zero attached hydrogens (tertiary/aromatic N) is 1. The highest BCUT2D eigenvalue weighted by molar-refractivity contribution is 9.10. The van der Waals surface area contributed by atoms with Crippen LogP contribution in [0.15, 0.2) is 53.3 Å². The highest BCUT2D eigenvalue weighted by Crippen LogP contribution is 2.11. The van der Waals surface area contributed by atoms with E-state index in [0.29, 0.717) is 5.56 Å². The van der Waals surface area contributed by atoms with Gasteiger partial charge in [0, 0.05) is 35.5 Å². The van der Waals surface area contributed by atoms with E-state index in [9.17, 15) is 13.2 Å². The molecule has 0 radical (unpaired) electrons. The van der Waals surface area contributed by atoms with Crippen molar-refractivity contribution in [2.24, 2.45) is 0 Å². The molecule has 0 bridgehead atoms. The first kappa shape index (κ1) is 17.6. The minimum Gasteiger partial charge on any atom is -0.351 e. The van der Waals surface area contributed by atoms with Gasteiger partial charge in [-0.2, -0.15) is 0 Å². The third kappa shape index (κ3) is 6.09. The molecule has 1 amide bonds. The molecular formula is C15H16BrN3O3S. The molecule has 0 aliphatic rings. The lowest BCUT2D eigenvalue weighted by Crippen LogP contribution is -2.34. The van der Waals surface area contributed by atoms with Crippen molar-refractivity contribution in [3.8, 4) is 0 Å². The van der Waals surface area contributed by atoms with E-state index in [0.717, 1.165) is 10.0 Å². The zero-order valence-electron chi connectivity index (χ0n) is 12.2. The highest BCUT2D eigenvalue weighted by Gasteiger charge is 2.11. The Morgan fingerprint density at radius 1 is 1.22 bits per heavy atom. The van der Waals surface area contributed by atoms with E-state index in [4.69, 9.17) is 0 Å². The van der Waals surface area contributed by atoms with Crippen LogP contribution in [0, 0.1) is 0 Å². The van der Waals surface area contributed by atoms with Crippen LogP contribution >= 0.6 is 15.9 Å². The van der Waals surface area contributed by atoms with Gasteiger partial charge >= 0.3 is 0 Å². The first-order chi connectivity index (χ1) is 11.0. The molecule has 23 heavy (non-hydrogen) atoms. The largest absolute Gasteiger partial charge is 0.351 e. The average molecular weight is 398 g/mol. The van der Waals surface area contributed by atoms with Crippen molar-refractivity contribution in [2.45, 2.75) is 6.54 Å². The standard InChI is InChI=1S/C15H16BrN3O3S/c16-14-5-1-4-13(9-14)15(20)18-7-8-23(21,22)19-11-12-3-2-6-17-10-12/h1-6,9-10,19H,7-8,11H2,(H,18,20). The summed E-state index contributed by atoms with van der Waals surface area (Å²) in [5, 5.41) is 2.59. The third-order valence-corrected chi connectivity index (χ3v) is 4.78. The van der Waals surface area contributed by atoms with Crippen LogP contribution in [-0.4, -0.2) is 31.6 Å². The lowest BCUT2D eigenvalue weighted by Gasteiger charge is -2.08. The number of nitrogens with one attached hydrogen (secondary N) is 2. The van der Waals surface area contributed by atoms with Crippen LogP contribution in [0.3, 0.4) is 0 Å². The Bertz CT molecular complexity index is 767. The summed E-state index contributed by atoms with van der Waals surface area (Å²) >= 11 is 3.28. The number of rotatable bonds is 7. The molecule has 0 saturated heterocycles. The fourth-order valence-corrected chi connectivity index (χ4v) is 3.10. The zero-order valence-corrected chi connectivity index (χ0v) is 14.6. The van der Waals surface area contributed by atoms with Crippen LogP contribution in [0.1, 0.15) is 15.9 Å². The van der Waals surface area contributed by atoms with E-state index >= 15 is 0 Å². The Morgan fingerprint density at radius 3 is 2.74 bits per heavy atom. The van der Waals surface area contributed by atoms with Gasteiger partial charge in [-0.05, 0) is 29.8 Å². The minimum atomic E-state index is -3.47. The number of sulfonamides is 1. The number of carbonyl (C=O) groups excluding carboxylic acids is 1. The molecule has 2 N–H and O–H groups in total. The van der Waals surface area contributed by atoms with Crippen molar-refractivity contribution < 1.29 is 13.2 Å². The van der Waals surface area contributed by atoms with Crippen molar-refractivity contribution in [1.82, 2.24) is 15.0 Å². The summed E-state index contributed by atoms with van der Waals surface area (Å²) in [6, 6.07) is 10.4. The Kier molecular flexibility index (Phi) is 6.26. The van der Waals surface area contributed by atoms with Gasteiger partial charge in [-0.3, -0.25) is 9.78 Å². The van der Waals surface area contributed by atoms with Crippen molar-refractivity contribution in [3.05, 3.63) is 64.4 Å². The number of amides is 1. The molecule has 0 atom stereocenters. The lowest BCUT2D eigenvalue weighted by molar-refractivity contribution is 0.0956. The molecule has 8 heteroatoms.